The van der Waals surface area contributed by atoms with Crippen LogP contribution in [0.15, 0.2) is 53.9 Å². The summed E-state index contributed by atoms with van der Waals surface area (Å²) in [6.07, 6.45) is 0. The molecule has 0 fully saturated rings. The van der Waals surface area contributed by atoms with Crippen molar-refractivity contribution in [3.63, 3.8) is 0 Å². The van der Waals surface area contributed by atoms with Crippen LogP contribution in [-0.2, 0) is 9.53 Å². The van der Waals surface area contributed by atoms with E-state index in [2.05, 4.69) is 5.32 Å². The molecule has 150 valence electrons. The average molecular weight is 450 g/mol. The van der Waals surface area contributed by atoms with Crippen LogP contribution in [0.2, 0.25) is 10.0 Å². The van der Waals surface area contributed by atoms with Gasteiger partial charge in [-0.1, -0.05) is 35.3 Å². The summed E-state index contributed by atoms with van der Waals surface area (Å²) in [6.45, 7) is 1.74. The molecule has 1 aromatic heterocycles. The summed E-state index contributed by atoms with van der Waals surface area (Å²) in [5.74, 6) is -0.383. The van der Waals surface area contributed by atoms with Gasteiger partial charge in [-0.3, -0.25) is 4.79 Å². The molecule has 2 aromatic carbocycles. The van der Waals surface area contributed by atoms with Crippen molar-refractivity contribution in [2.45, 2.75) is 6.92 Å². The third-order valence-electron chi connectivity index (χ3n) is 3.86. The lowest BCUT2D eigenvalue weighted by molar-refractivity contribution is -0.118. The molecule has 29 heavy (non-hydrogen) atoms. The number of ether oxygens (including phenoxy) is 2. The molecule has 0 atom stereocenters. The largest absolute Gasteiger partial charge is 0.484 e. The van der Waals surface area contributed by atoms with E-state index in [1.807, 2.05) is 12.1 Å². The summed E-state index contributed by atoms with van der Waals surface area (Å²) >= 11 is 13.0. The average Bonchev–Trinajstić information content (AvgIpc) is 3.12. The number of rotatable bonds is 7. The Hall–Kier alpha value is -2.54. The number of amides is 1. The highest BCUT2D eigenvalue weighted by Gasteiger charge is 2.23. The zero-order valence-electron chi connectivity index (χ0n) is 15.4. The van der Waals surface area contributed by atoms with E-state index in [4.69, 9.17) is 32.7 Å². The molecule has 0 saturated carbocycles. The number of anilines is 1. The van der Waals surface area contributed by atoms with Gasteiger partial charge in [-0.2, -0.15) is 0 Å². The van der Waals surface area contributed by atoms with Gasteiger partial charge in [0.15, 0.2) is 6.61 Å². The molecule has 0 spiro atoms. The van der Waals surface area contributed by atoms with Crippen LogP contribution in [0.25, 0.3) is 11.1 Å². The standard InChI is InChI=1S/C21H17Cl2NO4S/c1-2-27-21(26)19-17(13-3-5-14(22)6-4-13)12-29-20(19)24-18(25)11-28-16-9-7-15(23)8-10-16/h3-10,12H,2,11H2,1H3,(H,24,25). The molecule has 1 heterocycles. The lowest BCUT2D eigenvalue weighted by Crippen LogP contribution is -2.21. The molecule has 0 aliphatic carbocycles. The maximum Gasteiger partial charge on any atom is 0.341 e. The predicted molar refractivity (Wildman–Crippen MR) is 116 cm³/mol. The predicted octanol–water partition coefficient (Wildman–Crippen LogP) is 5.92. The Morgan fingerprint density at radius 2 is 1.62 bits per heavy atom. The van der Waals surface area contributed by atoms with Gasteiger partial charge in [-0.15, -0.1) is 11.3 Å². The SMILES string of the molecule is CCOC(=O)c1c(-c2ccc(Cl)cc2)csc1NC(=O)COc1ccc(Cl)cc1. The molecule has 1 amide bonds. The molecule has 8 heteroatoms. The zero-order valence-corrected chi connectivity index (χ0v) is 17.7. The Morgan fingerprint density at radius 1 is 1.00 bits per heavy atom. The van der Waals surface area contributed by atoms with E-state index in [9.17, 15) is 9.59 Å². The second kappa shape index (κ2) is 9.78. The first-order valence-electron chi connectivity index (χ1n) is 8.70. The number of hydrogen-bond acceptors (Lipinski definition) is 5. The highest BCUT2D eigenvalue weighted by atomic mass is 35.5. The molecule has 0 aliphatic rings. The van der Waals surface area contributed by atoms with Crippen molar-refractivity contribution in [1.29, 1.82) is 0 Å². The maximum atomic E-state index is 12.5. The van der Waals surface area contributed by atoms with Crippen LogP contribution < -0.4 is 10.1 Å². The van der Waals surface area contributed by atoms with Crippen molar-refractivity contribution in [2.24, 2.45) is 0 Å². The Morgan fingerprint density at radius 3 is 2.24 bits per heavy atom. The van der Waals surface area contributed by atoms with Gasteiger partial charge in [0, 0.05) is 21.0 Å². The fraction of sp³-hybridized carbons (Fsp3) is 0.143. The highest BCUT2D eigenvalue weighted by Crippen LogP contribution is 2.36. The maximum absolute atomic E-state index is 12.5. The van der Waals surface area contributed by atoms with Crippen LogP contribution >= 0.6 is 34.5 Å². The number of hydrogen-bond donors (Lipinski definition) is 1. The number of thiophene rings is 1. The third kappa shape index (κ3) is 5.50. The smallest absolute Gasteiger partial charge is 0.341 e. The summed E-state index contributed by atoms with van der Waals surface area (Å²) < 4.78 is 10.6. The van der Waals surface area contributed by atoms with Gasteiger partial charge >= 0.3 is 5.97 Å². The molecule has 3 aromatic rings. The Balaban J connectivity index is 1.78. The number of carbonyl (C=O) groups is 2. The molecule has 1 N–H and O–H groups in total. The summed E-state index contributed by atoms with van der Waals surface area (Å²) in [5.41, 5.74) is 1.77. The fourth-order valence-electron chi connectivity index (χ4n) is 2.54. The number of halogens is 2. The molecule has 0 unspecified atom stereocenters. The first-order chi connectivity index (χ1) is 14.0. The van der Waals surface area contributed by atoms with Gasteiger partial charge in [0.1, 0.15) is 16.3 Å². The minimum atomic E-state index is -0.507. The second-order valence-corrected chi connectivity index (χ2v) is 7.62. The van der Waals surface area contributed by atoms with E-state index in [0.29, 0.717) is 31.9 Å². The molecule has 3 rings (SSSR count). The summed E-state index contributed by atoms with van der Waals surface area (Å²) in [7, 11) is 0. The number of carbonyl (C=O) groups excluding carboxylic acids is 2. The highest BCUT2D eigenvalue weighted by molar-refractivity contribution is 7.15. The van der Waals surface area contributed by atoms with E-state index in [1.165, 1.54) is 11.3 Å². The van der Waals surface area contributed by atoms with Gasteiger partial charge in [-0.25, -0.2) is 4.79 Å². The Bertz CT molecular complexity index is 1000. The van der Waals surface area contributed by atoms with Crippen molar-refractivity contribution in [1.82, 2.24) is 0 Å². The molecule has 0 radical (unpaired) electrons. The Labute approximate surface area is 182 Å². The minimum absolute atomic E-state index is 0.210. The van der Waals surface area contributed by atoms with E-state index >= 15 is 0 Å². The third-order valence-corrected chi connectivity index (χ3v) is 5.26. The van der Waals surface area contributed by atoms with Crippen molar-refractivity contribution in [3.8, 4) is 16.9 Å². The normalized spacial score (nSPS) is 10.4. The van der Waals surface area contributed by atoms with E-state index in [1.54, 1.807) is 48.7 Å². The topological polar surface area (TPSA) is 64.6 Å². The van der Waals surface area contributed by atoms with E-state index < -0.39 is 11.9 Å². The van der Waals surface area contributed by atoms with Crippen molar-refractivity contribution >= 4 is 51.4 Å². The van der Waals surface area contributed by atoms with Gasteiger partial charge in [0.25, 0.3) is 5.91 Å². The van der Waals surface area contributed by atoms with E-state index in [-0.39, 0.29) is 13.2 Å². The summed E-state index contributed by atoms with van der Waals surface area (Å²) in [6, 6.07) is 13.8. The lowest BCUT2D eigenvalue weighted by Gasteiger charge is -2.10. The molecular weight excluding hydrogens is 433 g/mol. The number of nitrogens with one attached hydrogen (secondary N) is 1. The number of benzene rings is 2. The van der Waals surface area contributed by atoms with Gasteiger partial charge in [-0.05, 0) is 48.9 Å². The fourth-order valence-corrected chi connectivity index (χ4v) is 3.77. The first-order valence-corrected chi connectivity index (χ1v) is 10.3. The second-order valence-electron chi connectivity index (χ2n) is 5.87. The molecule has 0 saturated heterocycles. The van der Waals surface area contributed by atoms with Crippen LogP contribution in [0.4, 0.5) is 5.00 Å². The van der Waals surface area contributed by atoms with Crippen molar-refractivity contribution in [2.75, 3.05) is 18.5 Å². The lowest BCUT2D eigenvalue weighted by atomic mass is 10.0. The van der Waals surface area contributed by atoms with Gasteiger partial charge in [0.2, 0.25) is 0 Å². The minimum Gasteiger partial charge on any atom is -0.484 e. The van der Waals surface area contributed by atoms with Crippen LogP contribution in [0.5, 0.6) is 5.75 Å². The van der Waals surface area contributed by atoms with Crippen LogP contribution in [0.3, 0.4) is 0 Å². The van der Waals surface area contributed by atoms with Gasteiger partial charge < -0.3 is 14.8 Å². The van der Waals surface area contributed by atoms with Crippen LogP contribution in [0, 0.1) is 0 Å². The monoisotopic (exact) mass is 449 g/mol. The van der Waals surface area contributed by atoms with Crippen LogP contribution in [0.1, 0.15) is 17.3 Å². The van der Waals surface area contributed by atoms with Crippen LogP contribution in [-0.4, -0.2) is 25.1 Å². The number of esters is 1. The van der Waals surface area contributed by atoms with Crippen molar-refractivity contribution in [3.05, 3.63) is 69.5 Å². The molecule has 5 nitrogen and oxygen atoms in total. The molecular formula is C21H17Cl2NO4S. The zero-order chi connectivity index (χ0) is 20.8. The molecule has 0 aliphatic heterocycles. The van der Waals surface area contributed by atoms with Gasteiger partial charge in [0.05, 0.1) is 6.61 Å². The van der Waals surface area contributed by atoms with E-state index in [0.717, 1.165) is 5.56 Å². The Kier molecular flexibility index (Phi) is 7.14. The molecule has 0 bridgehead atoms. The summed E-state index contributed by atoms with van der Waals surface area (Å²) in [5, 5.41) is 6.10. The summed E-state index contributed by atoms with van der Waals surface area (Å²) in [4.78, 5) is 24.9. The first kappa shape index (κ1) is 21.2. The quantitative estimate of drug-likeness (QED) is 0.454. The van der Waals surface area contributed by atoms with Crippen molar-refractivity contribution < 1.29 is 19.1 Å².